The summed E-state index contributed by atoms with van der Waals surface area (Å²) in [4.78, 5) is 11.7. The van der Waals surface area contributed by atoms with Crippen molar-refractivity contribution in [1.82, 2.24) is 5.43 Å². The van der Waals surface area contributed by atoms with E-state index in [1.807, 2.05) is 0 Å². The Morgan fingerprint density at radius 1 is 1.14 bits per heavy atom. The standard InChI is InChI=1S/C15H11F3N2O2/c16-12-7-3-2-6-11(12)14(21)20-19-9-10-5-1-4-8-13(10)22-15(17)18/h1-9,15H,(H,20,21)/b19-9-. The van der Waals surface area contributed by atoms with E-state index in [9.17, 15) is 18.0 Å². The molecule has 114 valence electrons. The Morgan fingerprint density at radius 3 is 2.55 bits per heavy atom. The molecule has 0 saturated carbocycles. The second-order valence-electron chi connectivity index (χ2n) is 4.10. The van der Waals surface area contributed by atoms with Gasteiger partial charge in [0, 0.05) is 5.56 Å². The minimum atomic E-state index is -2.97. The van der Waals surface area contributed by atoms with Gasteiger partial charge in [-0.05, 0) is 24.3 Å². The van der Waals surface area contributed by atoms with Crippen molar-refractivity contribution >= 4 is 12.1 Å². The molecule has 2 aromatic rings. The van der Waals surface area contributed by atoms with Crippen molar-refractivity contribution in [1.29, 1.82) is 0 Å². The first-order valence-corrected chi connectivity index (χ1v) is 6.19. The van der Waals surface area contributed by atoms with Gasteiger partial charge in [0.15, 0.2) is 0 Å². The quantitative estimate of drug-likeness (QED) is 0.681. The molecule has 0 aliphatic rings. The maximum Gasteiger partial charge on any atom is 0.387 e. The summed E-state index contributed by atoms with van der Waals surface area (Å²) in [5.74, 6) is -1.51. The fraction of sp³-hybridized carbons (Fsp3) is 0.0667. The number of carbonyl (C=O) groups is 1. The minimum Gasteiger partial charge on any atom is -0.434 e. The molecule has 4 nitrogen and oxygen atoms in total. The van der Waals surface area contributed by atoms with Gasteiger partial charge in [-0.2, -0.15) is 13.9 Å². The molecule has 0 atom stereocenters. The predicted molar refractivity (Wildman–Crippen MR) is 74.5 cm³/mol. The van der Waals surface area contributed by atoms with Gasteiger partial charge in [-0.25, -0.2) is 9.82 Å². The van der Waals surface area contributed by atoms with Gasteiger partial charge in [-0.1, -0.05) is 24.3 Å². The normalized spacial score (nSPS) is 10.9. The van der Waals surface area contributed by atoms with Crippen LogP contribution >= 0.6 is 0 Å². The van der Waals surface area contributed by atoms with Crippen LogP contribution in [0.2, 0.25) is 0 Å². The Hall–Kier alpha value is -2.83. The highest BCUT2D eigenvalue weighted by Crippen LogP contribution is 2.18. The molecule has 1 N–H and O–H groups in total. The molecule has 0 aliphatic carbocycles. The molecule has 0 aromatic heterocycles. The number of para-hydroxylation sites is 1. The fourth-order valence-electron chi connectivity index (χ4n) is 1.66. The van der Waals surface area contributed by atoms with Gasteiger partial charge < -0.3 is 4.74 Å². The van der Waals surface area contributed by atoms with Crippen LogP contribution in [0.25, 0.3) is 0 Å². The van der Waals surface area contributed by atoms with E-state index < -0.39 is 18.3 Å². The molecule has 0 heterocycles. The Kier molecular flexibility index (Phi) is 5.13. The first-order valence-electron chi connectivity index (χ1n) is 6.19. The van der Waals surface area contributed by atoms with Crippen LogP contribution < -0.4 is 10.2 Å². The summed E-state index contributed by atoms with van der Waals surface area (Å²) >= 11 is 0. The van der Waals surface area contributed by atoms with Gasteiger partial charge in [0.05, 0.1) is 11.8 Å². The first kappa shape index (κ1) is 15.6. The first-order chi connectivity index (χ1) is 10.6. The average molecular weight is 308 g/mol. The summed E-state index contributed by atoms with van der Waals surface area (Å²) in [7, 11) is 0. The molecule has 0 saturated heterocycles. The topological polar surface area (TPSA) is 50.7 Å². The zero-order valence-corrected chi connectivity index (χ0v) is 11.2. The molecule has 2 aromatic carbocycles. The van der Waals surface area contributed by atoms with Crippen LogP contribution in [0.1, 0.15) is 15.9 Å². The van der Waals surface area contributed by atoms with Crippen LogP contribution in [0.15, 0.2) is 53.6 Å². The highest BCUT2D eigenvalue weighted by atomic mass is 19.3. The molecule has 22 heavy (non-hydrogen) atoms. The number of nitrogens with one attached hydrogen (secondary N) is 1. The number of halogens is 3. The number of ether oxygens (including phenoxy) is 1. The van der Waals surface area contributed by atoms with Gasteiger partial charge in [0.2, 0.25) is 0 Å². The number of carbonyl (C=O) groups excluding carboxylic acids is 1. The van der Waals surface area contributed by atoms with E-state index in [-0.39, 0.29) is 16.9 Å². The van der Waals surface area contributed by atoms with Crippen LogP contribution in [-0.2, 0) is 0 Å². The van der Waals surface area contributed by atoms with E-state index in [2.05, 4.69) is 15.3 Å². The summed E-state index contributed by atoms with van der Waals surface area (Å²) < 4.78 is 42.2. The number of rotatable bonds is 5. The molecule has 2 rings (SSSR count). The summed E-state index contributed by atoms with van der Waals surface area (Å²) in [6, 6.07) is 11.3. The lowest BCUT2D eigenvalue weighted by Crippen LogP contribution is -2.19. The number of hydrazone groups is 1. The lowest BCUT2D eigenvalue weighted by Gasteiger charge is -2.07. The smallest absolute Gasteiger partial charge is 0.387 e. The van der Waals surface area contributed by atoms with Crippen molar-refractivity contribution in [2.45, 2.75) is 6.61 Å². The van der Waals surface area contributed by atoms with Gasteiger partial charge in [0.1, 0.15) is 11.6 Å². The maximum absolute atomic E-state index is 13.4. The van der Waals surface area contributed by atoms with Crippen LogP contribution in [0.4, 0.5) is 13.2 Å². The highest BCUT2D eigenvalue weighted by Gasteiger charge is 2.10. The molecule has 0 radical (unpaired) electrons. The van der Waals surface area contributed by atoms with Gasteiger partial charge in [-0.15, -0.1) is 0 Å². The molecule has 0 spiro atoms. The van der Waals surface area contributed by atoms with E-state index in [1.165, 1.54) is 36.4 Å². The van der Waals surface area contributed by atoms with Gasteiger partial charge in [-0.3, -0.25) is 4.79 Å². The summed E-state index contributed by atoms with van der Waals surface area (Å²) in [5, 5.41) is 3.61. The van der Waals surface area contributed by atoms with E-state index in [0.717, 1.165) is 12.3 Å². The largest absolute Gasteiger partial charge is 0.434 e. The van der Waals surface area contributed by atoms with Crippen molar-refractivity contribution < 1.29 is 22.7 Å². The van der Waals surface area contributed by atoms with Crippen molar-refractivity contribution in [2.75, 3.05) is 0 Å². The Balaban J connectivity index is 2.07. The number of benzene rings is 2. The molecule has 0 bridgehead atoms. The molecule has 7 heteroatoms. The fourth-order valence-corrected chi connectivity index (χ4v) is 1.66. The maximum atomic E-state index is 13.4. The molecule has 0 fully saturated rings. The van der Waals surface area contributed by atoms with Crippen molar-refractivity contribution in [3.05, 3.63) is 65.5 Å². The molecular formula is C15H11F3N2O2. The molecule has 0 unspecified atom stereocenters. The molecule has 0 aliphatic heterocycles. The Morgan fingerprint density at radius 2 is 1.82 bits per heavy atom. The van der Waals surface area contributed by atoms with E-state index in [0.29, 0.717) is 0 Å². The highest BCUT2D eigenvalue weighted by molar-refractivity contribution is 5.95. The van der Waals surface area contributed by atoms with E-state index >= 15 is 0 Å². The number of hydrogen-bond acceptors (Lipinski definition) is 3. The van der Waals surface area contributed by atoms with Crippen molar-refractivity contribution in [3.63, 3.8) is 0 Å². The van der Waals surface area contributed by atoms with Crippen molar-refractivity contribution in [3.8, 4) is 5.75 Å². The predicted octanol–water partition coefficient (Wildman–Crippen LogP) is 3.19. The number of amides is 1. The van der Waals surface area contributed by atoms with Gasteiger partial charge in [0.25, 0.3) is 5.91 Å². The van der Waals surface area contributed by atoms with Crippen molar-refractivity contribution in [2.24, 2.45) is 5.10 Å². The Bertz CT molecular complexity index is 690. The minimum absolute atomic E-state index is 0.0820. The zero-order chi connectivity index (χ0) is 15.9. The monoisotopic (exact) mass is 308 g/mol. The zero-order valence-electron chi connectivity index (χ0n) is 11.2. The molecular weight excluding hydrogens is 297 g/mol. The van der Waals surface area contributed by atoms with E-state index in [4.69, 9.17) is 0 Å². The number of nitrogens with zero attached hydrogens (tertiary/aromatic N) is 1. The SMILES string of the molecule is O=C(N/N=C\c1ccccc1OC(F)F)c1ccccc1F. The lowest BCUT2D eigenvalue weighted by atomic mass is 10.2. The second kappa shape index (κ2) is 7.26. The van der Waals surface area contributed by atoms with E-state index in [1.54, 1.807) is 6.07 Å². The number of hydrogen-bond donors (Lipinski definition) is 1. The third kappa shape index (κ3) is 4.08. The summed E-state index contributed by atoms with van der Waals surface area (Å²) in [6.45, 7) is -2.97. The van der Waals surface area contributed by atoms with Crippen LogP contribution in [0.5, 0.6) is 5.75 Å². The summed E-state index contributed by atoms with van der Waals surface area (Å²) in [6.07, 6.45) is 1.14. The average Bonchev–Trinajstić information content (AvgIpc) is 2.49. The third-order valence-electron chi connectivity index (χ3n) is 2.62. The van der Waals surface area contributed by atoms with Crippen LogP contribution in [0, 0.1) is 5.82 Å². The lowest BCUT2D eigenvalue weighted by molar-refractivity contribution is -0.0499. The molecule has 1 amide bonds. The number of alkyl halides is 2. The third-order valence-corrected chi connectivity index (χ3v) is 2.62. The second-order valence-corrected chi connectivity index (χ2v) is 4.10. The van der Waals surface area contributed by atoms with Gasteiger partial charge >= 0.3 is 6.61 Å². The van der Waals surface area contributed by atoms with Crippen LogP contribution in [0.3, 0.4) is 0 Å². The van der Waals surface area contributed by atoms with Crippen LogP contribution in [-0.4, -0.2) is 18.7 Å². The summed E-state index contributed by atoms with van der Waals surface area (Å²) in [5.41, 5.74) is 2.19. The Labute approximate surface area is 124 Å².